The zero-order valence-corrected chi connectivity index (χ0v) is 24.7. The summed E-state index contributed by atoms with van der Waals surface area (Å²) in [5.74, 6) is 0.492. The molecule has 1 N–H and O–H groups in total. The van der Waals surface area contributed by atoms with E-state index >= 15 is 0 Å². The van der Waals surface area contributed by atoms with Crippen molar-refractivity contribution in [1.82, 2.24) is 9.62 Å². The van der Waals surface area contributed by atoms with Crippen LogP contribution in [0.3, 0.4) is 0 Å². The van der Waals surface area contributed by atoms with Crippen LogP contribution in [0.1, 0.15) is 87.2 Å². The van der Waals surface area contributed by atoms with Gasteiger partial charge in [0.2, 0.25) is 10.0 Å². The van der Waals surface area contributed by atoms with Gasteiger partial charge in [0, 0.05) is 28.8 Å². The molecule has 0 saturated carbocycles. The van der Waals surface area contributed by atoms with E-state index < -0.39 is 10.0 Å². The number of hydrogen-bond acceptors (Lipinski definition) is 6. The Bertz CT molecular complexity index is 1240. The Labute approximate surface area is 234 Å². The van der Waals surface area contributed by atoms with Gasteiger partial charge >= 0.3 is 0 Å². The summed E-state index contributed by atoms with van der Waals surface area (Å²) in [5.41, 5.74) is 2.43. The maximum absolute atomic E-state index is 13.8. The molecule has 1 aromatic rings. The number of carbonyl (C=O) groups excluding carboxylic acids is 1. The Hall–Kier alpha value is -2.68. The fraction of sp³-hybridized carbons (Fsp3) is 0.516. The topological polar surface area (TPSA) is 88.8 Å². The molecule has 0 aromatic heterocycles. The average Bonchev–Trinajstić information content (AvgIpc) is 3.29. The van der Waals surface area contributed by atoms with Gasteiger partial charge < -0.3 is 14.1 Å². The molecule has 2 aliphatic rings. The standard InChI is InChI=1S/C31H44N2O5S/c1-5-8-12-27-29(28-23-37-22-17-26(28)31(27)39(35,36)32-4)30(34)24-13-15-25(16-14-24)38-21-11-20-33(18-9-6-2)19-10-7-3/h13-17,22-23,32H,5-12,18-21H2,1-4H3. The Morgan fingerprint density at radius 3 is 2.15 bits per heavy atom. The van der Waals surface area contributed by atoms with Crippen molar-refractivity contribution in [1.29, 1.82) is 0 Å². The number of sulfonamides is 1. The zero-order valence-electron chi connectivity index (χ0n) is 23.9. The molecule has 0 bridgehead atoms. The van der Waals surface area contributed by atoms with Crippen LogP contribution in [0.2, 0.25) is 0 Å². The molecule has 1 aliphatic carbocycles. The highest BCUT2D eigenvalue weighted by atomic mass is 32.2. The number of unbranched alkanes of at least 4 members (excludes halogenated alkanes) is 3. The number of ether oxygens (including phenoxy) is 1. The molecule has 0 spiro atoms. The molecule has 1 aliphatic heterocycles. The van der Waals surface area contributed by atoms with E-state index in [1.165, 1.54) is 45.3 Å². The third-order valence-corrected chi connectivity index (χ3v) is 8.62. The Kier molecular flexibility index (Phi) is 12.0. The summed E-state index contributed by atoms with van der Waals surface area (Å²) in [6.07, 6.45) is 10.8. The van der Waals surface area contributed by atoms with Gasteiger partial charge in [-0.3, -0.25) is 4.79 Å². The van der Waals surface area contributed by atoms with Crippen molar-refractivity contribution >= 4 is 15.8 Å². The quantitative estimate of drug-likeness (QED) is 0.141. The Morgan fingerprint density at radius 2 is 1.54 bits per heavy atom. The van der Waals surface area contributed by atoms with Gasteiger partial charge in [0.05, 0.1) is 24.0 Å². The van der Waals surface area contributed by atoms with Crippen molar-refractivity contribution in [2.75, 3.05) is 33.3 Å². The highest BCUT2D eigenvalue weighted by Crippen LogP contribution is 2.41. The molecule has 0 fully saturated rings. The first-order chi connectivity index (χ1) is 18.9. The largest absolute Gasteiger partial charge is 0.494 e. The Balaban J connectivity index is 1.77. The van der Waals surface area contributed by atoms with Gasteiger partial charge in [-0.15, -0.1) is 0 Å². The van der Waals surface area contributed by atoms with E-state index in [4.69, 9.17) is 9.15 Å². The number of nitrogens with one attached hydrogen (secondary N) is 1. The second-order valence-electron chi connectivity index (χ2n) is 9.98. The molecule has 1 heterocycles. The maximum atomic E-state index is 13.8. The first-order valence-corrected chi connectivity index (χ1v) is 15.8. The van der Waals surface area contributed by atoms with Gasteiger partial charge in [0.25, 0.3) is 0 Å². The van der Waals surface area contributed by atoms with Gasteiger partial charge in [-0.2, -0.15) is 0 Å². The van der Waals surface area contributed by atoms with Gasteiger partial charge in [-0.1, -0.05) is 40.0 Å². The van der Waals surface area contributed by atoms with Gasteiger partial charge in [-0.05, 0) is 88.1 Å². The predicted molar refractivity (Wildman–Crippen MR) is 156 cm³/mol. The molecule has 0 atom stereocenters. The number of carbonyl (C=O) groups is 1. The van der Waals surface area contributed by atoms with E-state index in [-0.39, 0.29) is 10.7 Å². The molecule has 39 heavy (non-hydrogen) atoms. The third kappa shape index (κ3) is 7.93. The van der Waals surface area contributed by atoms with Crippen LogP contribution in [0, 0.1) is 0 Å². The van der Waals surface area contributed by atoms with Crippen LogP contribution in [-0.4, -0.2) is 52.4 Å². The van der Waals surface area contributed by atoms with Gasteiger partial charge in [0.15, 0.2) is 5.78 Å². The molecule has 0 saturated heterocycles. The molecule has 214 valence electrons. The lowest BCUT2D eigenvalue weighted by atomic mass is 9.97. The smallest absolute Gasteiger partial charge is 0.241 e. The first kappa shape index (κ1) is 30.9. The number of rotatable bonds is 18. The Morgan fingerprint density at radius 1 is 0.897 bits per heavy atom. The number of fused-ring (bicyclic) bond motifs is 1. The van der Waals surface area contributed by atoms with E-state index in [9.17, 15) is 13.2 Å². The SMILES string of the molecule is CCCCc1c(C(=O)c2ccc(OCCCN(CCCC)CCCC)cc2)c2coccc-2c1S(=O)(=O)NC. The van der Waals surface area contributed by atoms with Crippen LogP contribution in [0.4, 0.5) is 0 Å². The second-order valence-corrected chi connectivity index (χ2v) is 11.8. The normalized spacial score (nSPS) is 11.9. The van der Waals surface area contributed by atoms with Crippen LogP contribution in [-0.2, 0) is 16.4 Å². The molecular weight excluding hydrogens is 512 g/mol. The lowest BCUT2D eigenvalue weighted by Crippen LogP contribution is -2.28. The third-order valence-electron chi connectivity index (χ3n) is 7.08. The van der Waals surface area contributed by atoms with Gasteiger partial charge in [0.1, 0.15) is 5.75 Å². The van der Waals surface area contributed by atoms with Crippen LogP contribution in [0.15, 0.2) is 52.2 Å². The van der Waals surface area contributed by atoms with E-state index in [1.807, 2.05) is 19.1 Å². The monoisotopic (exact) mass is 556 g/mol. The summed E-state index contributed by atoms with van der Waals surface area (Å²) >= 11 is 0. The minimum Gasteiger partial charge on any atom is -0.494 e. The first-order valence-electron chi connectivity index (χ1n) is 14.3. The molecule has 3 rings (SSSR count). The maximum Gasteiger partial charge on any atom is 0.241 e. The van der Waals surface area contributed by atoms with Crippen molar-refractivity contribution in [2.45, 2.75) is 77.0 Å². The van der Waals surface area contributed by atoms with E-state index in [2.05, 4.69) is 23.5 Å². The number of hydrogen-bond donors (Lipinski definition) is 1. The van der Waals surface area contributed by atoms with Crippen molar-refractivity contribution in [3.05, 3.63) is 59.5 Å². The van der Waals surface area contributed by atoms with Crippen LogP contribution < -0.4 is 9.46 Å². The summed E-state index contributed by atoms with van der Waals surface area (Å²) in [4.78, 5) is 16.5. The summed E-state index contributed by atoms with van der Waals surface area (Å²) < 4.78 is 39.8. The molecular formula is C31H44N2O5S. The molecule has 0 amide bonds. The fourth-order valence-electron chi connectivity index (χ4n) is 4.88. The van der Waals surface area contributed by atoms with Crippen molar-refractivity contribution < 1.29 is 22.4 Å². The van der Waals surface area contributed by atoms with E-state index in [1.54, 1.807) is 18.2 Å². The lowest BCUT2D eigenvalue weighted by Gasteiger charge is -2.21. The summed E-state index contributed by atoms with van der Waals surface area (Å²) in [6, 6.07) is 8.74. The predicted octanol–water partition coefficient (Wildman–Crippen LogP) is 6.54. The fourth-order valence-corrected chi connectivity index (χ4v) is 6.08. The minimum absolute atomic E-state index is 0.166. The molecule has 1 aromatic carbocycles. The number of ketones is 1. The zero-order chi connectivity index (χ0) is 28.3. The van der Waals surface area contributed by atoms with Crippen LogP contribution in [0.25, 0.3) is 11.1 Å². The van der Waals surface area contributed by atoms with E-state index in [0.29, 0.717) is 46.6 Å². The van der Waals surface area contributed by atoms with Crippen LogP contribution in [0.5, 0.6) is 5.75 Å². The lowest BCUT2D eigenvalue weighted by molar-refractivity contribution is 0.103. The summed E-state index contributed by atoms with van der Waals surface area (Å²) in [7, 11) is -2.40. The molecule has 0 unspecified atom stereocenters. The molecule has 0 radical (unpaired) electrons. The summed E-state index contributed by atoms with van der Waals surface area (Å²) in [6.45, 7) is 10.4. The highest BCUT2D eigenvalue weighted by Gasteiger charge is 2.33. The minimum atomic E-state index is -3.78. The van der Waals surface area contributed by atoms with Crippen LogP contribution >= 0.6 is 0 Å². The van der Waals surface area contributed by atoms with Crippen molar-refractivity contribution in [3.63, 3.8) is 0 Å². The van der Waals surface area contributed by atoms with Crippen molar-refractivity contribution in [2.24, 2.45) is 0 Å². The van der Waals surface area contributed by atoms with Gasteiger partial charge in [-0.25, -0.2) is 13.1 Å². The average molecular weight is 557 g/mol. The van der Waals surface area contributed by atoms with E-state index in [0.717, 1.165) is 38.9 Å². The summed E-state index contributed by atoms with van der Waals surface area (Å²) in [5, 5.41) is 0. The number of nitrogens with zero attached hydrogens (tertiary/aromatic N) is 1. The number of benzene rings is 1. The molecule has 8 heteroatoms. The second kappa shape index (κ2) is 15.2. The molecule has 7 nitrogen and oxygen atoms in total. The van der Waals surface area contributed by atoms with Crippen molar-refractivity contribution in [3.8, 4) is 16.9 Å². The highest BCUT2D eigenvalue weighted by molar-refractivity contribution is 7.89.